The highest BCUT2D eigenvalue weighted by atomic mass is 16.3. The van der Waals surface area contributed by atoms with Crippen LogP contribution in [-0.4, -0.2) is 36.0 Å². The topological polar surface area (TPSA) is 92.4 Å². The zero-order chi connectivity index (χ0) is 9.56. The summed E-state index contributed by atoms with van der Waals surface area (Å²) in [5.74, 6) is -0.562. The molecule has 5 heteroatoms. The van der Waals surface area contributed by atoms with Crippen LogP contribution >= 0.6 is 0 Å². The van der Waals surface area contributed by atoms with Crippen molar-refractivity contribution in [1.82, 2.24) is 5.32 Å². The van der Waals surface area contributed by atoms with Crippen molar-refractivity contribution in [1.29, 1.82) is 0 Å². The number of ketones is 1. The van der Waals surface area contributed by atoms with Gasteiger partial charge in [-0.05, 0) is 0 Å². The number of nitrogens with one attached hydrogen (secondary N) is 1. The summed E-state index contributed by atoms with van der Waals surface area (Å²) in [5.41, 5.74) is 5.17. The second kappa shape index (κ2) is 5.68. The lowest BCUT2D eigenvalue weighted by atomic mass is 10.3. The fraction of sp³-hybridized carbons (Fsp3) is 0.714. The molecule has 0 aromatic rings. The first-order valence-electron chi connectivity index (χ1n) is 3.77. The van der Waals surface area contributed by atoms with Gasteiger partial charge >= 0.3 is 0 Å². The van der Waals surface area contributed by atoms with Crippen molar-refractivity contribution in [2.24, 2.45) is 5.73 Å². The molecule has 0 saturated carbocycles. The average Bonchev–Trinajstić information content (AvgIpc) is 2.11. The smallest absolute Gasteiger partial charge is 0.239 e. The molecule has 0 saturated heterocycles. The first-order valence-corrected chi connectivity index (χ1v) is 3.77. The van der Waals surface area contributed by atoms with Gasteiger partial charge in [0.05, 0.1) is 13.2 Å². The first-order chi connectivity index (χ1) is 5.61. The standard InChI is InChI=1S/C7H14N2O3/c1-2-5(11)3-9-7(12)6(8)4-10/h6,10H,2-4,8H2,1H3,(H,9,12)/t6-/m1/s1. The van der Waals surface area contributed by atoms with E-state index in [4.69, 9.17) is 10.8 Å². The Kier molecular flexibility index (Phi) is 5.23. The summed E-state index contributed by atoms with van der Waals surface area (Å²) in [6.07, 6.45) is 0.384. The highest BCUT2D eigenvalue weighted by Crippen LogP contribution is 1.80. The third-order valence-electron chi connectivity index (χ3n) is 1.39. The van der Waals surface area contributed by atoms with Crippen molar-refractivity contribution in [3.05, 3.63) is 0 Å². The van der Waals surface area contributed by atoms with E-state index >= 15 is 0 Å². The van der Waals surface area contributed by atoms with Crippen molar-refractivity contribution in [3.63, 3.8) is 0 Å². The lowest BCUT2D eigenvalue weighted by Crippen LogP contribution is -2.44. The number of amides is 1. The van der Waals surface area contributed by atoms with Crippen molar-refractivity contribution in [3.8, 4) is 0 Å². The van der Waals surface area contributed by atoms with Gasteiger partial charge < -0.3 is 16.2 Å². The summed E-state index contributed by atoms with van der Waals surface area (Å²) in [7, 11) is 0. The van der Waals surface area contributed by atoms with Crippen LogP contribution in [0.4, 0.5) is 0 Å². The third-order valence-corrected chi connectivity index (χ3v) is 1.39. The molecule has 0 heterocycles. The van der Waals surface area contributed by atoms with Crippen LogP contribution in [0.5, 0.6) is 0 Å². The van der Waals surface area contributed by atoms with Crippen molar-refractivity contribution < 1.29 is 14.7 Å². The summed E-state index contributed by atoms with van der Waals surface area (Å²) in [6, 6.07) is -0.936. The van der Waals surface area contributed by atoms with E-state index in [9.17, 15) is 9.59 Å². The van der Waals surface area contributed by atoms with Crippen LogP contribution in [0.25, 0.3) is 0 Å². The van der Waals surface area contributed by atoms with Crippen LogP contribution in [-0.2, 0) is 9.59 Å². The number of Topliss-reactive ketones (excluding diaryl/α,β-unsaturated/α-hetero) is 1. The van der Waals surface area contributed by atoms with Crippen molar-refractivity contribution in [2.45, 2.75) is 19.4 Å². The van der Waals surface area contributed by atoms with Gasteiger partial charge in [-0.15, -0.1) is 0 Å². The Morgan fingerprint density at radius 3 is 2.58 bits per heavy atom. The van der Waals surface area contributed by atoms with Crippen LogP contribution in [0.1, 0.15) is 13.3 Å². The average molecular weight is 174 g/mol. The maximum Gasteiger partial charge on any atom is 0.239 e. The number of aliphatic hydroxyl groups is 1. The summed E-state index contributed by atoms with van der Waals surface area (Å²) < 4.78 is 0. The van der Waals surface area contributed by atoms with E-state index in [1.807, 2.05) is 0 Å². The van der Waals surface area contributed by atoms with Crippen molar-refractivity contribution >= 4 is 11.7 Å². The molecule has 1 atom stereocenters. The Balaban J connectivity index is 3.64. The van der Waals surface area contributed by atoms with Gasteiger partial charge in [-0.3, -0.25) is 9.59 Å². The van der Waals surface area contributed by atoms with Crippen molar-refractivity contribution in [2.75, 3.05) is 13.2 Å². The van der Waals surface area contributed by atoms with E-state index in [0.29, 0.717) is 6.42 Å². The van der Waals surface area contributed by atoms with Gasteiger partial charge in [0.1, 0.15) is 6.04 Å². The van der Waals surface area contributed by atoms with Crippen LogP contribution in [0, 0.1) is 0 Å². The molecule has 0 spiro atoms. The Bertz CT molecular complexity index is 170. The summed E-state index contributed by atoms with van der Waals surface area (Å²) in [6.45, 7) is 1.29. The minimum atomic E-state index is -0.936. The quantitative estimate of drug-likeness (QED) is 0.468. The molecule has 1 amide bonds. The molecule has 5 nitrogen and oxygen atoms in total. The molecule has 0 rings (SSSR count). The lowest BCUT2D eigenvalue weighted by molar-refractivity contribution is -0.126. The molecule has 0 unspecified atom stereocenters. The van der Waals surface area contributed by atoms with Crippen LogP contribution < -0.4 is 11.1 Å². The number of hydrogen-bond donors (Lipinski definition) is 3. The largest absolute Gasteiger partial charge is 0.394 e. The Labute approximate surface area is 70.9 Å². The lowest BCUT2D eigenvalue weighted by Gasteiger charge is -2.07. The second-order valence-electron chi connectivity index (χ2n) is 2.40. The predicted molar refractivity (Wildman–Crippen MR) is 43.4 cm³/mol. The predicted octanol–water partition coefficient (Wildman–Crippen LogP) is -1.60. The first kappa shape index (κ1) is 11.1. The van der Waals surface area contributed by atoms with Gasteiger partial charge in [0.15, 0.2) is 5.78 Å². The number of aliphatic hydroxyl groups excluding tert-OH is 1. The number of nitrogens with two attached hydrogens (primary N) is 1. The highest BCUT2D eigenvalue weighted by Gasteiger charge is 2.11. The zero-order valence-corrected chi connectivity index (χ0v) is 7.04. The molecule has 0 fully saturated rings. The van der Waals surface area contributed by atoms with Crippen LogP contribution in [0.15, 0.2) is 0 Å². The SMILES string of the molecule is CCC(=O)CNC(=O)[C@H](N)CO. The second-order valence-corrected chi connectivity index (χ2v) is 2.40. The summed E-state index contributed by atoms with van der Waals surface area (Å²) in [5, 5.41) is 10.8. The minimum Gasteiger partial charge on any atom is -0.394 e. The van der Waals surface area contributed by atoms with Gasteiger partial charge in [0.2, 0.25) is 5.91 Å². The summed E-state index contributed by atoms with van der Waals surface area (Å²) in [4.78, 5) is 21.6. The van der Waals surface area contributed by atoms with E-state index in [-0.39, 0.29) is 12.3 Å². The maximum atomic E-state index is 10.8. The molecular formula is C7H14N2O3. The Morgan fingerprint density at radius 1 is 1.58 bits per heavy atom. The normalized spacial score (nSPS) is 12.2. The van der Waals surface area contributed by atoms with Crippen LogP contribution in [0.2, 0.25) is 0 Å². The Hall–Kier alpha value is -0.940. The van der Waals surface area contributed by atoms with E-state index in [2.05, 4.69) is 5.32 Å². The molecule has 0 aliphatic rings. The van der Waals surface area contributed by atoms with Gasteiger partial charge in [-0.25, -0.2) is 0 Å². The number of carbonyl (C=O) groups is 2. The van der Waals surface area contributed by atoms with E-state index in [0.717, 1.165) is 0 Å². The molecule has 0 bridgehead atoms. The molecule has 0 aliphatic heterocycles. The van der Waals surface area contributed by atoms with E-state index in [1.165, 1.54) is 0 Å². The van der Waals surface area contributed by atoms with Crippen LogP contribution in [0.3, 0.4) is 0 Å². The fourth-order valence-corrected chi connectivity index (χ4v) is 0.525. The zero-order valence-electron chi connectivity index (χ0n) is 7.04. The molecular weight excluding hydrogens is 160 g/mol. The third kappa shape index (κ3) is 4.05. The molecule has 4 N–H and O–H groups in total. The molecule has 0 aromatic carbocycles. The van der Waals surface area contributed by atoms with E-state index < -0.39 is 18.6 Å². The maximum absolute atomic E-state index is 10.8. The fourth-order valence-electron chi connectivity index (χ4n) is 0.525. The highest BCUT2D eigenvalue weighted by molar-refractivity contribution is 5.88. The Morgan fingerprint density at radius 2 is 2.17 bits per heavy atom. The molecule has 0 radical (unpaired) electrons. The number of rotatable bonds is 5. The minimum absolute atomic E-state index is 0.0109. The van der Waals surface area contributed by atoms with Gasteiger partial charge in [0, 0.05) is 6.42 Å². The number of carbonyl (C=O) groups excluding carboxylic acids is 2. The molecule has 12 heavy (non-hydrogen) atoms. The molecule has 0 aliphatic carbocycles. The van der Waals surface area contributed by atoms with Gasteiger partial charge in [-0.2, -0.15) is 0 Å². The van der Waals surface area contributed by atoms with Gasteiger partial charge in [0.25, 0.3) is 0 Å². The van der Waals surface area contributed by atoms with E-state index in [1.54, 1.807) is 6.92 Å². The molecule has 0 aromatic heterocycles. The molecule has 70 valence electrons. The monoisotopic (exact) mass is 174 g/mol. The number of hydrogen-bond acceptors (Lipinski definition) is 4. The van der Waals surface area contributed by atoms with Gasteiger partial charge in [-0.1, -0.05) is 6.92 Å². The summed E-state index contributed by atoms with van der Waals surface area (Å²) >= 11 is 0.